The highest BCUT2D eigenvalue weighted by molar-refractivity contribution is 6.61. The molecule has 1 N–H and O–H groups in total. The van der Waals surface area contributed by atoms with E-state index in [1.54, 1.807) is 6.07 Å². The summed E-state index contributed by atoms with van der Waals surface area (Å²) in [5, 5.41) is 31.7. The molecule has 2 unspecified atom stereocenters. The molecule has 14 rings (SSSR count). The average Bonchev–Trinajstić information content (AvgIpc) is 3.96. The fourth-order valence-electron chi connectivity index (χ4n) is 14.2. The Hall–Kier alpha value is -7.39. The van der Waals surface area contributed by atoms with Crippen molar-refractivity contribution in [2.24, 2.45) is 11.8 Å². The molecule has 4 bridgehead atoms. The van der Waals surface area contributed by atoms with E-state index in [2.05, 4.69) is 46.9 Å². The number of aliphatic hydroxyl groups is 1. The van der Waals surface area contributed by atoms with Crippen molar-refractivity contribution < 1.29 is 67.3 Å². The first-order chi connectivity index (χ1) is 34.9. The molecule has 0 amide bonds. The van der Waals surface area contributed by atoms with Gasteiger partial charge in [-0.25, -0.2) is 9.59 Å². The van der Waals surface area contributed by atoms with E-state index in [0.29, 0.717) is 64.9 Å². The van der Waals surface area contributed by atoms with Crippen molar-refractivity contribution in [1.82, 2.24) is 9.80 Å². The molecule has 2 fully saturated rings. The lowest BCUT2D eigenvalue weighted by molar-refractivity contribution is -0.385. The Bertz CT molecular complexity index is 3150. The lowest BCUT2D eigenvalue weighted by Gasteiger charge is -2.45. The molecular weight excluding hydrogens is 972 g/mol. The number of ether oxygens (including phenoxy) is 7. The van der Waals surface area contributed by atoms with Gasteiger partial charge in [0.15, 0.2) is 29.1 Å². The van der Waals surface area contributed by atoms with Gasteiger partial charge in [-0.15, -0.1) is 0 Å². The Morgan fingerprint density at radius 2 is 1.08 bits per heavy atom. The third-order valence-corrected chi connectivity index (χ3v) is 16.8. The summed E-state index contributed by atoms with van der Waals surface area (Å²) in [5.41, 5.74) is 3.08. The molecule has 0 radical (unpaired) electrons. The van der Waals surface area contributed by atoms with Crippen molar-refractivity contribution in [2.75, 3.05) is 14.1 Å². The highest BCUT2D eigenvalue weighted by atomic mass is 35.5. The predicted molar refractivity (Wildman–Crippen MR) is 253 cm³/mol. The maximum Gasteiger partial charge on any atom is 0.514 e. The van der Waals surface area contributed by atoms with Gasteiger partial charge >= 0.3 is 23.5 Å². The second-order valence-electron chi connectivity index (χ2n) is 20.1. The van der Waals surface area contributed by atoms with Crippen molar-refractivity contribution in [1.29, 1.82) is 0 Å². The van der Waals surface area contributed by atoms with Crippen LogP contribution in [0.3, 0.4) is 0 Å². The summed E-state index contributed by atoms with van der Waals surface area (Å²) in [6.45, 7) is 2.76. The second kappa shape index (κ2) is 16.6. The Labute approximate surface area is 420 Å². The van der Waals surface area contributed by atoms with E-state index < -0.39 is 51.1 Å². The summed E-state index contributed by atoms with van der Waals surface area (Å²) >= 11 is 4.92. The van der Waals surface area contributed by atoms with E-state index in [1.165, 1.54) is 79.1 Å². The Balaban J connectivity index is 0.000000126. The molecule has 4 heterocycles. The van der Waals surface area contributed by atoms with Crippen molar-refractivity contribution >= 4 is 46.5 Å². The number of likely N-dealkylation sites (N-methyl/N-ethyl adjacent to an activating group) is 2. The molecule has 10 aliphatic rings. The first kappa shape index (κ1) is 46.7. The van der Waals surface area contributed by atoms with Gasteiger partial charge in [0.1, 0.15) is 29.8 Å². The number of likely N-dealkylation sites (tertiary alicyclic amines) is 2. The van der Waals surface area contributed by atoms with Gasteiger partial charge in [-0.3, -0.25) is 39.6 Å². The van der Waals surface area contributed by atoms with Crippen LogP contribution in [0.2, 0.25) is 0 Å². The molecule has 4 aromatic carbocycles. The number of esters is 2. The monoisotopic (exact) mass is 1020 g/mol. The van der Waals surface area contributed by atoms with Gasteiger partial charge in [-0.2, -0.15) is 0 Å². The normalized spacial score (nSPS) is 34.7. The van der Waals surface area contributed by atoms with Crippen LogP contribution >= 0.6 is 11.6 Å². The molecule has 16 atom stereocenters. The number of nitro benzene ring substituents is 2. The molecule has 73 heavy (non-hydrogen) atoms. The number of halogens is 1. The van der Waals surface area contributed by atoms with Crippen molar-refractivity contribution in [3.05, 3.63) is 140 Å². The van der Waals surface area contributed by atoms with Gasteiger partial charge in [0.25, 0.3) is 11.4 Å². The van der Waals surface area contributed by atoms with Gasteiger partial charge in [0.2, 0.25) is 0 Å². The molecule has 0 saturated carbocycles. The number of carbonyl (C=O) groups excluding carboxylic acids is 4. The number of hydrogen-bond donors (Lipinski definition) is 1. The van der Waals surface area contributed by atoms with Crippen LogP contribution in [0.4, 0.5) is 21.0 Å². The maximum absolute atomic E-state index is 12.7. The smallest absolute Gasteiger partial charge is 0.482 e. The number of aliphatic hydroxyl groups excluding tert-OH is 1. The number of nitrogens with zero attached hydrogens (tertiary/aromatic N) is 4. The average molecular weight is 1020 g/mol. The standard InChI is InChI=1S/C26H22N2O8.C19H19NO4.C7H4ClNO4/c1-12(29)33-18-9-7-15-16-11-26-17(22-21(16)27(22)2)8-10-19(24(26)36-23(18)20(15)26)35-25(30)34-14-5-3-13(4-6-14)28(31)32;1-8(21)23-13-6-3-9-10-7-19-11(16-15(10)20(16)2)4-5-12(22)18(19)24-17(13)14(9)19;8-7(10)13-6-3-1-5(2-4-6)9(11)12/h3-10,16-17,19,21-22,24H,11H2,1-2H3;3-6,10-12,15-16,18,22H,7H2,1-2H3;1-4H/t16-,17-,19-,21+,22-,24-,26-,27?;10-,11-,12-,15+,16-,18-,19-,20?;/m00./s1. The van der Waals surface area contributed by atoms with E-state index in [-0.39, 0.29) is 46.3 Å². The lowest BCUT2D eigenvalue weighted by atomic mass is 9.60. The molecule has 376 valence electrons. The molecule has 4 aliphatic heterocycles. The topological polar surface area (TPSA) is 245 Å². The third kappa shape index (κ3) is 6.97. The summed E-state index contributed by atoms with van der Waals surface area (Å²) in [5.74, 6) is 3.00. The van der Waals surface area contributed by atoms with Crippen LogP contribution in [-0.4, -0.2) is 111 Å². The molecule has 0 aromatic heterocycles. The summed E-state index contributed by atoms with van der Waals surface area (Å²) < 4.78 is 39.1. The maximum atomic E-state index is 12.7. The second-order valence-corrected chi connectivity index (χ2v) is 20.4. The largest absolute Gasteiger partial charge is 0.514 e. The zero-order valence-electron chi connectivity index (χ0n) is 39.3. The minimum absolute atomic E-state index is 0.0747. The number of non-ortho nitro benzene ring substituents is 2. The van der Waals surface area contributed by atoms with E-state index in [0.717, 1.165) is 18.4 Å². The molecular formula is C52H45ClN4O16. The van der Waals surface area contributed by atoms with Crippen molar-refractivity contribution in [3.8, 4) is 34.5 Å². The zero-order valence-corrected chi connectivity index (χ0v) is 40.1. The van der Waals surface area contributed by atoms with Crippen LogP contribution in [0.5, 0.6) is 34.5 Å². The number of benzene rings is 4. The van der Waals surface area contributed by atoms with E-state index in [4.69, 9.17) is 40.0 Å². The molecule has 4 aromatic rings. The molecule has 20 nitrogen and oxygen atoms in total. The number of rotatable bonds is 7. The van der Waals surface area contributed by atoms with Crippen LogP contribution < -0.4 is 28.4 Å². The fraction of sp³-hybridized carbons (Fsp3) is 0.385. The highest BCUT2D eigenvalue weighted by Gasteiger charge is 2.76. The van der Waals surface area contributed by atoms with Gasteiger partial charge in [-0.05, 0) is 80.5 Å². The van der Waals surface area contributed by atoms with Crippen molar-refractivity contribution in [3.63, 3.8) is 0 Å². The predicted octanol–water partition coefficient (Wildman–Crippen LogP) is 7.15. The molecule has 6 aliphatic carbocycles. The number of nitro groups is 2. The van der Waals surface area contributed by atoms with Crippen molar-refractivity contribution in [2.45, 2.75) is 97.9 Å². The fourth-order valence-corrected chi connectivity index (χ4v) is 14.3. The number of carbonyl (C=O) groups is 4. The Morgan fingerprint density at radius 1 is 0.630 bits per heavy atom. The third-order valence-electron chi connectivity index (χ3n) is 16.7. The highest BCUT2D eigenvalue weighted by Crippen LogP contribution is 2.74. The van der Waals surface area contributed by atoms with E-state index in [1.807, 2.05) is 24.3 Å². The number of fused-ring (bicyclic) bond motifs is 6. The van der Waals surface area contributed by atoms with Gasteiger partial charge in [-0.1, -0.05) is 30.4 Å². The zero-order chi connectivity index (χ0) is 51.2. The SMILES string of the molecule is CC(=O)Oc1ccc2c3c1O[C@H]1[C@@H](O)C=C[C@H]4[C@H]5[C@@H]([C@H]2C[C@@]341)N5C.CC(=O)Oc1ccc2c3c1O[C@H]1[C@@H](OC(=O)Oc4ccc([N+](=O)[O-])cc4)C=C[C@H]4[C@H]5[C@@H]([C@H]2C[C@@]341)N5C.O=C(Cl)Oc1ccc([N+](=O)[O-])cc1. The molecule has 2 spiro atoms. The van der Waals surface area contributed by atoms with Crippen LogP contribution in [-0.2, 0) is 25.2 Å². The van der Waals surface area contributed by atoms with Crippen LogP contribution in [0, 0.1) is 32.1 Å². The van der Waals surface area contributed by atoms with Crippen LogP contribution in [0.1, 0.15) is 60.8 Å². The minimum Gasteiger partial charge on any atom is -0.482 e. The van der Waals surface area contributed by atoms with E-state index in [9.17, 15) is 44.5 Å². The van der Waals surface area contributed by atoms with Gasteiger partial charge in [0, 0.05) is 120 Å². The first-order valence-electron chi connectivity index (χ1n) is 23.7. The number of hydrogen-bond acceptors (Lipinski definition) is 18. The molecule has 21 heteroatoms. The summed E-state index contributed by atoms with van der Waals surface area (Å²) in [6.07, 6.45) is 6.90. The first-order valence-corrected chi connectivity index (χ1v) is 24.1. The van der Waals surface area contributed by atoms with Gasteiger partial charge in [0.05, 0.1) is 9.85 Å². The summed E-state index contributed by atoms with van der Waals surface area (Å²) in [7, 11) is 4.34. The minimum atomic E-state index is -0.978. The van der Waals surface area contributed by atoms with Gasteiger partial charge < -0.3 is 38.3 Å². The summed E-state index contributed by atoms with van der Waals surface area (Å²) in [4.78, 5) is 71.1. The summed E-state index contributed by atoms with van der Waals surface area (Å²) in [6, 6.07) is 19.9. The Kier molecular flexibility index (Phi) is 10.6. The van der Waals surface area contributed by atoms with Crippen LogP contribution in [0.15, 0.2) is 97.1 Å². The van der Waals surface area contributed by atoms with E-state index >= 15 is 0 Å². The van der Waals surface area contributed by atoms with Crippen LogP contribution in [0.25, 0.3) is 0 Å². The quantitative estimate of drug-likeness (QED) is 0.0282. The lowest BCUT2D eigenvalue weighted by Crippen LogP contribution is -2.55. The molecule has 2 saturated heterocycles. The Morgan fingerprint density at radius 3 is 1.55 bits per heavy atom.